The van der Waals surface area contributed by atoms with Gasteiger partial charge in [0.25, 0.3) is 5.91 Å². The number of nitrogens with zero attached hydrogens (tertiary/aromatic N) is 2. The molecule has 2 aliphatic heterocycles. The molecule has 2 heterocycles. The van der Waals surface area contributed by atoms with Crippen LogP contribution < -0.4 is 11.1 Å². The predicted molar refractivity (Wildman–Crippen MR) is 147 cm³/mol. The number of rotatable bonds is 9. The average molecular weight is 513 g/mol. The molecule has 2 aliphatic rings. The molecule has 0 aromatic heterocycles. The van der Waals surface area contributed by atoms with Gasteiger partial charge in [-0.15, -0.1) is 0 Å². The Balaban J connectivity index is 1.57. The molecule has 1 aromatic rings. The molecular formula is C29H44N4O4. The van der Waals surface area contributed by atoms with E-state index in [1.54, 1.807) is 14.0 Å². The Hall–Kier alpha value is -2.68. The van der Waals surface area contributed by atoms with Crippen molar-refractivity contribution in [1.82, 2.24) is 10.2 Å². The molecule has 3 rings (SSSR count). The van der Waals surface area contributed by atoms with Crippen molar-refractivity contribution >= 4 is 12.2 Å². The fourth-order valence-electron chi connectivity index (χ4n) is 4.74. The molecule has 2 atom stereocenters. The molecule has 1 aromatic carbocycles. The highest BCUT2D eigenvalue weighted by atomic mass is 16.5. The third kappa shape index (κ3) is 7.90. The third-order valence-corrected chi connectivity index (χ3v) is 7.25. The van der Waals surface area contributed by atoms with E-state index in [2.05, 4.69) is 61.9 Å². The first-order valence-electron chi connectivity index (χ1n) is 13.2. The van der Waals surface area contributed by atoms with Gasteiger partial charge >= 0.3 is 0 Å². The van der Waals surface area contributed by atoms with Crippen molar-refractivity contribution in [2.24, 2.45) is 10.7 Å². The number of allylic oxidation sites excluding steroid dienone is 1. The molecule has 204 valence electrons. The van der Waals surface area contributed by atoms with Gasteiger partial charge in [0.05, 0.1) is 19.0 Å². The molecule has 8 heteroatoms. The lowest BCUT2D eigenvalue weighted by atomic mass is 9.87. The maximum Gasteiger partial charge on any atom is 0.272 e. The molecule has 0 spiro atoms. The van der Waals surface area contributed by atoms with E-state index < -0.39 is 0 Å². The molecule has 8 nitrogen and oxygen atoms in total. The van der Waals surface area contributed by atoms with Crippen molar-refractivity contribution < 1.29 is 19.0 Å². The molecule has 0 aliphatic carbocycles. The number of piperidine rings is 1. The number of carbonyl (C=O) groups excluding carboxylic acids is 1. The summed E-state index contributed by atoms with van der Waals surface area (Å²) < 4.78 is 17.0. The summed E-state index contributed by atoms with van der Waals surface area (Å²) >= 11 is 0. The monoisotopic (exact) mass is 512 g/mol. The van der Waals surface area contributed by atoms with Gasteiger partial charge in [-0.05, 0) is 42.7 Å². The molecule has 1 amide bonds. The van der Waals surface area contributed by atoms with Crippen LogP contribution in [0.4, 0.5) is 0 Å². The second-order valence-electron chi connectivity index (χ2n) is 10.9. The fourth-order valence-corrected chi connectivity index (χ4v) is 4.74. The van der Waals surface area contributed by atoms with Crippen LogP contribution in [0.2, 0.25) is 0 Å². The fraction of sp³-hybridized carbons (Fsp3) is 0.586. The van der Waals surface area contributed by atoms with Crippen molar-refractivity contribution in [1.29, 1.82) is 0 Å². The van der Waals surface area contributed by atoms with Gasteiger partial charge < -0.3 is 30.2 Å². The summed E-state index contributed by atoms with van der Waals surface area (Å²) in [6.45, 7) is 15.4. The van der Waals surface area contributed by atoms with Crippen molar-refractivity contribution in [2.75, 3.05) is 33.4 Å². The van der Waals surface area contributed by atoms with Gasteiger partial charge in [0.2, 0.25) is 0 Å². The highest BCUT2D eigenvalue weighted by molar-refractivity contribution is 5.95. The van der Waals surface area contributed by atoms with E-state index in [1.165, 1.54) is 5.56 Å². The number of hydrogen-bond donors (Lipinski definition) is 2. The first kappa shape index (κ1) is 28.9. The molecule has 0 saturated carbocycles. The van der Waals surface area contributed by atoms with Crippen LogP contribution in [0.15, 0.2) is 52.9 Å². The largest absolute Gasteiger partial charge is 0.489 e. The Morgan fingerprint density at radius 1 is 1.24 bits per heavy atom. The first-order chi connectivity index (χ1) is 17.6. The summed E-state index contributed by atoms with van der Waals surface area (Å²) in [6, 6.07) is 8.96. The van der Waals surface area contributed by atoms with E-state index in [0.29, 0.717) is 43.7 Å². The van der Waals surface area contributed by atoms with E-state index in [1.807, 2.05) is 4.90 Å². The second kappa shape index (κ2) is 13.2. The van der Waals surface area contributed by atoms with E-state index in [-0.39, 0.29) is 29.2 Å². The highest BCUT2D eigenvalue weighted by Gasteiger charge is 2.31. The number of methoxy groups -OCH3 is 1. The summed E-state index contributed by atoms with van der Waals surface area (Å²) in [6.07, 6.45) is 3.87. The summed E-state index contributed by atoms with van der Waals surface area (Å²) in [5, 5.41) is 3.72. The smallest absolute Gasteiger partial charge is 0.272 e. The van der Waals surface area contributed by atoms with Gasteiger partial charge in [0.1, 0.15) is 18.1 Å². The first-order valence-corrected chi connectivity index (χ1v) is 13.2. The number of likely N-dealkylation sites (tertiary alicyclic amines) is 1. The number of aliphatic imine (C=N–C) groups is 1. The van der Waals surface area contributed by atoms with Gasteiger partial charge in [-0.2, -0.15) is 0 Å². The minimum atomic E-state index is -0.155. The standard InChI is InChI=1S/C29H44N4O4/c1-20(21(2)37-17-22-7-9-23(10-8-22)29(3,4)5)27(31-19-30)28(34)33-14-11-24(12-15-33)32-25-13-16-36-18-26(25)35-6/h7-10,19,24-26,32H,2,11-18H2,1,3-6H3,(H2,30,31)/b27-20-. The van der Waals surface area contributed by atoms with Crippen molar-refractivity contribution in [3.8, 4) is 0 Å². The molecule has 3 N–H and O–H groups in total. The van der Waals surface area contributed by atoms with Crippen LogP contribution in [0.25, 0.3) is 0 Å². The van der Waals surface area contributed by atoms with Crippen LogP contribution in [0.1, 0.15) is 58.1 Å². The number of nitrogens with one attached hydrogen (secondary N) is 1. The van der Waals surface area contributed by atoms with Crippen molar-refractivity contribution in [3.63, 3.8) is 0 Å². The normalized spacial score (nSPS) is 22.1. The molecule has 37 heavy (non-hydrogen) atoms. The Morgan fingerprint density at radius 3 is 2.51 bits per heavy atom. The summed E-state index contributed by atoms with van der Waals surface area (Å²) in [4.78, 5) is 19.4. The lowest BCUT2D eigenvalue weighted by Gasteiger charge is -2.38. The van der Waals surface area contributed by atoms with Gasteiger partial charge in [0, 0.05) is 44.5 Å². The Bertz CT molecular complexity index is 973. The Morgan fingerprint density at radius 2 is 1.92 bits per heavy atom. The summed E-state index contributed by atoms with van der Waals surface area (Å²) in [5.74, 6) is 0.258. The number of carbonyl (C=O) groups is 1. The van der Waals surface area contributed by atoms with Gasteiger partial charge in [-0.3, -0.25) is 4.79 Å². The lowest BCUT2D eigenvalue weighted by molar-refractivity contribution is -0.128. The molecule has 2 saturated heterocycles. The van der Waals surface area contributed by atoms with Crippen LogP contribution in [0.3, 0.4) is 0 Å². The van der Waals surface area contributed by atoms with Crippen LogP contribution in [0, 0.1) is 0 Å². The van der Waals surface area contributed by atoms with Crippen LogP contribution in [0.5, 0.6) is 0 Å². The molecule has 2 fully saturated rings. The number of ether oxygens (including phenoxy) is 3. The molecular weight excluding hydrogens is 468 g/mol. The van der Waals surface area contributed by atoms with Crippen molar-refractivity contribution in [2.45, 2.75) is 77.2 Å². The third-order valence-electron chi connectivity index (χ3n) is 7.25. The minimum Gasteiger partial charge on any atom is -0.489 e. The maximum atomic E-state index is 13.4. The van der Waals surface area contributed by atoms with Crippen LogP contribution >= 0.6 is 0 Å². The second-order valence-corrected chi connectivity index (χ2v) is 10.9. The number of hydrogen-bond acceptors (Lipinski definition) is 6. The number of benzene rings is 1. The van der Waals surface area contributed by atoms with E-state index in [0.717, 1.165) is 37.8 Å². The zero-order valence-corrected chi connectivity index (χ0v) is 23.1. The molecule has 2 unspecified atom stereocenters. The minimum absolute atomic E-state index is 0.0620. The lowest BCUT2D eigenvalue weighted by Crippen LogP contribution is -2.54. The molecule has 0 radical (unpaired) electrons. The Kier molecular flexibility index (Phi) is 10.3. The predicted octanol–water partition coefficient (Wildman–Crippen LogP) is 3.66. The quantitative estimate of drug-likeness (QED) is 0.172. The summed E-state index contributed by atoms with van der Waals surface area (Å²) in [5.41, 5.74) is 8.85. The van der Waals surface area contributed by atoms with Crippen LogP contribution in [-0.2, 0) is 31.0 Å². The van der Waals surface area contributed by atoms with E-state index in [9.17, 15) is 4.79 Å². The van der Waals surface area contributed by atoms with Gasteiger partial charge in [0.15, 0.2) is 0 Å². The number of amides is 1. The maximum absolute atomic E-state index is 13.4. The molecule has 0 bridgehead atoms. The van der Waals surface area contributed by atoms with Crippen molar-refractivity contribution in [3.05, 3.63) is 59.0 Å². The number of nitrogens with two attached hydrogens (primary N) is 1. The average Bonchev–Trinajstić information content (AvgIpc) is 2.90. The SMILES string of the molecule is C=C(OCc1ccc(C(C)(C)C)cc1)/C(C)=C(\N=C/N)C(=O)N1CCC(NC2CCOCC2OC)CC1. The van der Waals surface area contributed by atoms with Gasteiger partial charge in [-0.25, -0.2) is 4.99 Å². The summed E-state index contributed by atoms with van der Waals surface area (Å²) in [7, 11) is 1.73. The highest BCUT2D eigenvalue weighted by Crippen LogP contribution is 2.24. The van der Waals surface area contributed by atoms with E-state index >= 15 is 0 Å². The zero-order chi connectivity index (χ0) is 27.0. The van der Waals surface area contributed by atoms with Crippen LogP contribution in [-0.4, -0.2) is 68.7 Å². The topological polar surface area (TPSA) is 98.4 Å². The Labute approximate surface area is 221 Å². The van der Waals surface area contributed by atoms with E-state index in [4.69, 9.17) is 19.9 Å². The van der Waals surface area contributed by atoms with Gasteiger partial charge in [-0.1, -0.05) is 51.6 Å². The zero-order valence-electron chi connectivity index (χ0n) is 23.1.